The van der Waals surface area contributed by atoms with E-state index in [1.54, 1.807) is 0 Å². The summed E-state index contributed by atoms with van der Waals surface area (Å²) < 4.78 is 11.0. The number of benzene rings is 2. The maximum Gasteiger partial charge on any atom is 0.238 e. The molecule has 1 atom stereocenters. The Morgan fingerprint density at radius 1 is 1.11 bits per heavy atom. The Hall–Kier alpha value is -2.67. The van der Waals surface area contributed by atoms with Crippen LogP contribution < -0.4 is 20.1 Å². The first-order chi connectivity index (χ1) is 13.2. The Morgan fingerprint density at radius 2 is 1.81 bits per heavy atom. The molecule has 142 valence electrons. The first kappa shape index (κ1) is 19.1. The van der Waals surface area contributed by atoms with Crippen LogP contribution in [0.3, 0.4) is 0 Å². The molecule has 0 fully saturated rings. The minimum atomic E-state index is -0.424. The summed E-state index contributed by atoms with van der Waals surface area (Å²) in [6.45, 7) is 3.28. The van der Waals surface area contributed by atoms with E-state index < -0.39 is 5.25 Å². The molecule has 2 amide bonds. The van der Waals surface area contributed by atoms with E-state index in [4.69, 9.17) is 9.47 Å². The largest absolute Gasteiger partial charge is 0.494 e. The van der Waals surface area contributed by atoms with Crippen molar-refractivity contribution in [2.24, 2.45) is 0 Å². The number of carbonyl (C=O) groups is 2. The minimum Gasteiger partial charge on any atom is -0.494 e. The van der Waals surface area contributed by atoms with Crippen LogP contribution in [0.1, 0.15) is 13.3 Å². The lowest BCUT2D eigenvalue weighted by Crippen LogP contribution is -2.36. The van der Waals surface area contributed by atoms with E-state index in [0.717, 1.165) is 16.3 Å². The van der Waals surface area contributed by atoms with Gasteiger partial charge in [-0.15, -0.1) is 11.8 Å². The van der Waals surface area contributed by atoms with Gasteiger partial charge in [-0.2, -0.15) is 0 Å². The summed E-state index contributed by atoms with van der Waals surface area (Å²) in [5.74, 6) is 1.20. The van der Waals surface area contributed by atoms with Crippen molar-refractivity contribution in [3.8, 4) is 11.5 Å². The normalized spacial score (nSPS) is 15.4. The number of carbonyl (C=O) groups excluding carboxylic acids is 2. The number of para-hydroxylation sites is 1. The van der Waals surface area contributed by atoms with Crippen molar-refractivity contribution < 1.29 is 19.1 Å². The number of ether oxygens (including phenoxy) is 2. The summed E-state index contributed by atoms with van der Waals surface area (Å²) in [5.41, 5.74) is 0.799. The molecule has 27 heavy (non-hydrogen) atoms. The van der Waals surface area contributed by atoms with E-state index in [-0.39, 0.29) is 18.2 Å². The van der Waals surface area contributed by atoms with Crippen molar-refractivity contribution >= 4 is 29.3 Å². The number of rotatable bonds is 8. The predicted molar refractivity (Wildman–Crippen MR) is 105 cm³/mol. The van der Waals surface area contributed by atoms with Crippen LogP contribution in [-0.2, 0) is 9.59 Å². The second-order valence-corrected chi connectivity index (χ2v) is 7.14. The lowest BCUT2D eigenvalue weighted by atomic mass is 10.2. The molecule has 6 nitrogen and oxygen atoms in total. The number of fused-ring (bicyclic) bond motifs is 1. The third-order valence-corrected chi connectivity index (χ3v) is 5.18. The second-order valence-electron chi connectivity index (χ2n) is 5.90. The Labute approximate surface area is 162 Å². The van der Waals surface area contributed by atoms with Gasteiger partial charge >= 0.3 is 0 Å². The maximum absolute atomic E-state index is 12.1. The third-order valence-electron chi connectivity index (χ3n) is 3.91. The standard InChI is InChI=1S/C20H22N2O4S/c1-2-25-14-7-9-15(10-8-14)26-12-11-21-19(23)13-18-20(24)22-16-5-3-4-6-17(16)27-18/h3-10,18H,2,11-13H2,1H3,(H,21,23)(H,22,24)/t18-/m0/s1. The number of amides is 2. The summed E-state index contributed by atoms with van der Waals surface area (Å²) >= 11 is 1.42. The first-order valence-electron chi connectivity index (χ1n) is 8.84. The van der Waals surface area contributed by atoms with Crippen LogP contribution in [0.25, 0.3) is 0 Å². The van der Waals surface area contributed by atoms with Crippen LogP contribution in [0, 0.1) is 0 Å². The quantitative estimate of drug-likeness (QED) is 0.682. The van der Waals surface area contributed by atoms with Gasteiger partial charge < -0.3 is 20.1 Å². The topological polar surface area (TPSA) is 76.7 Å². The molecule has 1 heterocycles. The smallest absolute Gasteiger partial charge is 0.238 e. The fourth-order valence-electron chi connectivity index (χ4n) is 2.63. The number of nitrogens with one attached hydrogen (secondary N) is 2. The molecule has 0 radical (unpaired) electrons. The zero-order valence-corrected chi connectivity index (χ0v) is 15.9. The number of hydrogen-bond acceptors (Lipinski definition) is 5. The SMILES string of the molecule is CCOc1ccc(OCCNC(=O)C[C@@H]2Sc3ccccc3NC2=O)cc1. The van der Waals surface area contributed by atoms with Crippen molar-refractivity contribution in [1.29, 1.82) is 0 Å². The molecular formula is C20H22N2O4S. The Balaban J connectivity index is 1.39. The number of thioether (sulfide) groups is 1. The van der Waals surface area contributed by atoms with Gasteiger partial charge in [0.2, 0.25) is 11.8 Å². The highest BCUT2D eigenvalue weighted by atomic mass is 32.2. The predicted octanol–water partition coefficient (Wildman–Crippen LogP) is 3.08. The Bertz CT molecular complexity index is 795. The molecule has 2 aromatic rings. The zero-order valence-electron chi connectivity index (χ0n) is 15.1. The molecule has 0 saturated heterocycles. The fourth-order valence-corrected chi connectivity index (χ4v) is 3.74. The molecule has 1 aliphatic heterocycles. The molecule has 0 unspecified atom stereocenters. The average molecular weight is 386 g/mol. The molecule has 0 bridgehead atoms. The molecule has 7 heteroatoms. The van der Waals surface area contributed by atoms with Crippen molar-refractivity contribution in [1.82, 2.24) is 5.32 Å². The summed E-state index contributed by atoms with van der Waals surface area (Å²) in [5, 5.41) is 5.21. The fraction of sp³-hybridized carbons (Fsp3) is 0.300. The van der Waals surface area contributed by atoms with Crippen LogP contribution in [0.5, 0.6) is 11.5 Å². The first-order valence-corrected chi connectivity index (χ1v) is 9.72. The molecular weight excluding hydrogens is 364 g/mol. The van der Waals surface area contributed by atoms with Crippen LogP contribution in [0.2, 0.25) is 0 Å². The molecule has 2 aromatic carbocycles. The summed E-state index contributed by atoms with van der Waals surface area (Å²) in [4.78, 5) is 25.2. The Morgan fingerprint density at radius 3 is 2.56 bits per heavy atom. The van der Waals surface area contributed by atoms with Gasteiger partial charge in [0.05, 0.1) is 24.1 Å². The van der Waals surface area contributed by atoms with Gasteiger partial charge in [0.1, 0.15) is 18.1 Å². The van der Waals surface area contributed by atoms with Crippen LogP contribution in [0.15, 0.2) is 53.4 Å². The highest BCUT2D eigenvalue weighted by Crippen LogP contribution is 2.36. The second kappa shape index (κ2) is 9.32. The molecule has 0 spiro atoms. The van der Waals surface area contributed by atoms with E-state index in [1.165, 1.54) is 11.8 Å². The maximum atomic E-state index is 12.1. The van der Waals surface area contributed by atoms with Gasteiger partial charge in [-0.1, -0.05) is 12.1 Å². The van der Waals surface area contributed by atoms with E-state index in [0.29, 0.717) is 25.5 Å². The highest BCUT2D eigenvalue weighted by Gasteiger charge is 2.28. The van der Waals surface area contributed by atoms with Crippen molar-refractivity contribution in [2.45, 2.75) is 23.5 Å². The van der Waals surface area contributed by atoms with Crippen molar-refractivity contribution in [3.63, 3.8) is 0 Å². The highest BCUT2D eigenvalue weighted by molar-refractivity contribution is 8.01. The average Bonchev–Trinajstić information content (AvgIpc) is 2.67. The van der Waals surface area contributed by atoms with Crippen molar-refractivity contribution in [2.75, 3.05) is 25.1 Å². The lowest BCUT2D eigenvalue weighted by Gasteiger charge is -2.23. The van der Waals surface area contributed by atoms with Gasteiger partial charge in [-0.25, -0.2) is 0 Å². The van der Waals surface area contributed by atoms with Gasteiger partial charge in [0, 0.05) is 11.3 Å². The van der Waals surface area contributed by atoms with E-state index in [1.807, 2.05) is 55.5 Å². The Kier molecular flexibility index (Phi) is 6.59. The molecule has 2 N–H and O–H groups in total. The zero-order chi connectivity index (χ0) is 19.1. The van der Waals surface area contributed by atoms with Crippen LogP contribution in [0.4, 0.5) is 5.69 Å². The lowest BCUT2D eigenvalue weighted by molar-refractivity contribution is -0.124. The van der Waals surface area contributed by atoms with E-state index >= 15 is 0 Å². The summed E-state index contributed by atoms with van der Waals surface area (Å²) in [6, 6.07) is 14.9. The van der Waals surface area contributed by atoms with Crippen LogP contribution >= 0.6 is 11.8 Å². The van der Waals surface area contributed by atoms with Gasteiger partial charge in [0.25, 0.3) is 0 Å². The van der Waals surface area contributed by atoms with Crippen LogP contribution in [-0.4, -0.2) is 36.8 Å². The molecule has 1 aliphatic rings. The summed E-state index contributed by atoms with van der Waals surface area (Å²) in [6.07, 6.45) is 0.133. The van der Waals surface area contributed by atoms with Gasteiger partial charge in [0.15, 0.2) is 0 Å². The minimum absolute atomic E-state index is 0.133. The molecule has 0 aromatic heterocycles. The van der Waals surface area contributed by atoms with E-state index in [2.05, 4.69) is 10.6 Å². The van der Waals surface area contributed by atoms with Gasteiger partial charge in [-0.3, -0.25) is 9.59 Å². The van der Waals surface area contributed by atoms with E-state index in [9.17, 15) is 9.59 Å². The summed E-state index contributed by atoms with van der Waals surface area (Å²) in [7, 11) is 0. The molecule has 0 saturated carbocycles. The molecule has 0 aliphatic carbocycles. The molecule has 3 rings (SSSR count). The number of hydrogen-bond donors (Lipinski definition) is 2. The van der Waals surface area contributed by atoms with Gasteiger partial charge in [-0.05, 0) is 43.3 Å². The number of anilines is 1. The van der Waals surface area contributed by atoms with Crippen molar-refractivity contribution in [3.05, 3.63) is 48.5 Å². The monoisotopic (exact) mass is 386 g/mol. The third kappa shape index (κ3) is 5.40.